The number of hydrogen-bond acceptors (Lipinski definition) is 5. The third kappa shape index (κ3) is 4.00. The van der Waals surface area contributed by atoms with Crippen molar-refractivity contribution >= 4 is 39.3 Å². The van der Waals surface area contributed by atoms with E-state index >= 15 is 0 Å². The zero-order valence-corrected chi connectivity index (χ0v) is 20.5. The minimum Gasteiger partial charge on any atom is -0.493 e. The molecule has 2 aromatic carbocycles. The van der Waals surface area contributed by atoms with E-state index in [1.807, 2.05) is 36.9 Å². The number of nitrogens with two attached hydrogens (primary N) is 1. The van der Waals surface area contributed by atoms with Crippen molar-refractivity contribution in [1.29, 1.82) is 0 Å². The number of carbonyl (C=O) groups excluding carboxylic acids is 2. The molecule has 0 atom stereocenters. The topological polar surface area (TPSA) is 104 Å². The van der Waals surface area contributed by atoms with E-state index in [4.69, 9.17) is 10.5 Å². The lowest BCUT2D eigenvalue weighted by Crippen LogP contribution is -2.19. The van der Waals surface area contributed by atoms with Gasteiger partial charge in [-0.3, -0.25) is 9.59 Å². The smallest absolute Gasteiger partial charge is 0.254 e. The van der Waals surface area contributed by atoms with Crippen LogP contribution in [0.25, 0.3) is 21.8 Å². The minimum atomic E-state index is -0.257. The molecule has 0 fully saturated rings. The normalized spacial score (nSPS) is 11.8. The number of aryl methyl sites for hydroxylation is 1. The molecule has 2 heterocycles. The second kappa shape index (κ2) is 8.52. The van der Waals surface area contributed by atoms with Crippen molar-refractivity contribution < 1.29 is 14.3 Å². The summed E-state index contributed by atoms with van der Waals surface area (Å²) in [6, 6.07) is 7.33. The lowest BCUT2D eigenvalue weighted by molar-refractivity contribution is 0.0955. The Kier molecular flexibility index (Phi) is 5.85. The van der Waals surface area contributed by atoms with Crippen LogP contribution < -0.4 is 15.8 Å². The molecule has 0 saturated heterocycles. The van der Waals surface area contributed by atoms with Crippen molar-refractivity contribution in [3.8, 4) is 5.75 Å². The first kappa shape index (κ1) is 23.4. The predicted molar refractivity (Wildman–Crippen MR) is 135 cm³/mol. The second-order valence-electron chi connectivity index (χ2n) is 9.51. The van der Waals surface area contributed by atoms with Crippen molar-refractivity contribution in [1.82, 2.24) is 19.4 Å². The second-order valence-corrected chi connectivity index (χ2v) is 9.51. The van der Waals surface area contributed by atoms with E-state index in [1.165, 1.54) is 0 Å². The van der Waals surface area contributed by atoms with Gasteiger partial charge in [0.05, 0.1) is 36.1 Å². The largest absolute Gasteiger partial charge is 0.493 e. The monoisotopic (exact) mass is 461 g/mol. The molecule has 0 radical (unpaired) electrons. The summed E-state index contributed by atoms with van der Waals surface area (Å²) in [5, 5.41) is 4.14. The molecule has 8 nitrogen and oxygen atoms in total. The van der Waals surface area contributed by atoms with Gasteiger partial charge in [-0.05, 0) is 42.2 Å². The zero-order valence-electron chi connectivity index (χ0n) is 20.5. The number of rotatable bonds is 6. The Labute approximate surface area is 198 Å². The molecule has 4 rings (SSSR count). The highest BCUT2D eigenvalue weighted by atomic mass is 16.5. The Bertz CT molecular complexity index is 1420. The lowest BCUT2D eigenvalue weighted by Gasteiger charge is -2.20. The van der Waals surface area contributed by atoms with Crippen LogP contribution in [0.3, 0.4) is 0 Å². The number of fused-ring (bicyclic) bond motifs is 2. The summed E-state index contributed by atoms with van der Waals surface area (Å²) in [4.78, 5) is 30.3. The first-order valence-electron chi connectivity index (χ1n) is 11.3. The van der Waals surface area contributed by atoms with Crippen molar-refractivity contribution in [2.75, 3.05) is 19.4 Å². The summed E-state index contributed by atoms with van der Waals surface area (Å²) < 4.78 is 9.32. The van der Waals surface area contributed by atoms with E-state index in [2.05, 4.69) is 31.1 Å². The predicted octanol–water partition coefficient (Wildman–Crippen LogP) is 4.05. The molecule has 0 spiro atoms. The number of carbonyl (C=O) groups is 2. The summed E-state index contributed by atoms with van der Waals surface area (Å²) >= 11 is 0. The number of ketones is 1. The molecule has 1 amide bonds. The number of ether oxygens (including phenoxy) is 1. The third-order valence-electron chi connectivity index (χ3n) is 6.08. The SMILES string of the molecule is CCOc1cc2cn(CC(=O)c3cc(C(C)(C)C)c4ncn(C)c4c3)c(N)c2cc1C(=O)NC. The molecular formula is C26H31N5O3. The number of nitrogens with zero attached hydrogens (tertiary/aromatic N) is 3. The standard InChI is InChI=1S/C26H31N5O3/c1-7-34-22-10-16-12-31(24(27)17(16)11-18(22)25(33)28-5)13-21(32)15-8-19(26(2,3)4)23-20(9-15)30(6)14-29-23/h8-12,14H,7,13,27H2,1-6H3,(H,28,33). The number of imidazole rings is 1. The molecule has 0 saturated carbocycles. The van der Waals surface area contributed by atoms with Crippen molar-refractivity contribution in [2.24, 2.45) is 7.05 Å². The highest BCUT2D eigenvalue weighted by molar-refractivity contribution is 6.05. The average Bonchev–Trinajstić information content (AvgIpc) is 3.31. The molecular weight excluding hydrogens is 430 g/mol. The van der Waals surface area contributed by atoms with Gasteiger partial charge in [0, 0.05) is 36.6 Å². The van der Waals surface area contributed by atoms with Crippen molar-refractivity contribution in [3.63, 3.8) is 0 Å². The molecule has 178 valence electrons. The number of nitrogen functional groups attached to an aromatic ring is 1. The number of hydrogen-bond donors (Lipinski definition) is 2. The molecule has 8 heteroatoms. The Balaban J connectivity index is 1.76. The molecule has 4 aromatic rings. The molecule has 2 aromatic heterocycles. The number of Topliss-reactive ketones (excluding diaryl/α,β-unsaturated/α-hetero) is 1. The van der Waals surface area contributed by atoms with Crippen LogP contribution in [-0.2, 0) is 19.0 Å². The van der Waals surface area contributed by atoms with E-state index in [9.17, 15) is 9.59 Å². The average molecular weight is 462 g/mol. The molecule has 0 aliphatic rings. The van der Waals surface area contributed by atoms with Gasteiger partial charge in [-0.2, -0.15) is 0 Å². The third-order valence-corrected chi connectivity index (χ3v) is 6.08. The number of amides is 1. The maximum absolute atomic E-state index is 13.4. The Morgan fingerprint density at radius 3 is 2.56 bits per heavy atom. The van der Waals surface area contributed by atoms with Crippen LogP contribution in [-0.4, -0.2) is 39.5 Å². The van der Waals surface area contributed by atoms with Gasteiger partial charge in [0.15, 0.2) is 5.78 Å². The Morgan fingerprint density at radius 2 is 1.91 bits per heavy atom. The fraction of sp³-hybridized carbons (Fsp3) is 0.346. The first-order valence-corrected chi connectivity index (χ1v) is 11.3. The molecule has 0 aliphatic heterocycles. The van der Waals surface area contributed by atoms with E-state index in [0.29, 0.717) is 34.7 Å². The van der Waals surface area contributed by atoms with Crippen LogP contribution in [0.4, 0.5) is 5.82 Å². The zero-order chi connectivity index (χ0) is 24.8. The summed E-state index contributed by atoms with van der Waals surface area (Å²) in [5.41, 5.74) is 10.1. The number of benzene rings is 2. The van der Waals surface area contributed by atoms with E-state index < -0.39 is 0 Å². The number of aromatic nitrogens is 3. The number of nitrogens with one attached hydrogen (secondary N) is 1. The molecule has 0 bridgehead atoms. The fourth-order valence-electron chi connectivity index (χ4n) is 4.24. The van der Waals surface area contributed by atoms with E-state index in [0.717, 1.165) is 22.0 Å². The van der Waals surface area contributed by atoms with Crippen LogP contribution in [0.15, 0.2) is 36.8 Å². The molecule has 3 N–H and O–H groups in total. The van der Waals surface area contributed by atoms with Crippen molar-refractivity contribution in [2.45, 2.75) is 39.7 Å². The van der Waals surface area contributed by atoms with Crippen LogP contribution in [0.5, 0.6) is 5.75 Å². The van der Waals surface area contributed by atoms with Gasteiger partial charge < -0.3 is 24.9 Å². The summed E-state index contributed by atoms with van der Waals surface area (Å²) in [5.74, 6) is 0.591. The van der Waals surface area contributed by atoms with Gasteiger partial charge in [-0.15, -0.1) is 0 Å². The van der Waals surface area contributed by atoms with Gasteiger partial charge in [-0.25, -0.2) is 4.98 Å². The van der Waals surface area contributed by atoms with Crippen LogP contribution in [0, 0.1) is 0 Å². The quantitative estimate of drug-likeness (QED) is 0.422. The van der Waals surface area contributed by atoms with E-state index in [1.54, 1.807) is 30.1 Å². The number of anilines is 1. The molecule has 0 unspecified atom stereocenters. The lowest BCUT2D eigenvalue weighted by atomic mass is 9.84. The van der Waals surface area contributed by atoms with Crippen LogP contribution >= 0.6 is 0 Å². The first-order chi connectivity index (χ1) is 16.0. The van der Waals surface area contributed by atoms with E-state index in [-0.39, 0.29) is 23.7 Å². The van der Waals surface area contributed by atoms with Gasteiger partial charge in [0.2, 0.25) is 0 Å². The Morgan fingerprint density at radius 1 is 1.18 bits per heavy atom. The van der Waals surface area contributed by atoms with Gasteiger partial charge in [-0.1, -0.05) is 20.8 Å². The van der Waals surface area contributed by atoms with Crippen molar-refractivity contribution in [3.05, 3.63) is 53.5 Å². The summed E-state index contributed by atoms with van der Waals surface area (Å²) in [6.45, 7) is 8.70. The highest BCUT2D eigenvalue weighted by Gasteiger charge is 2.23. The maximum Gasteiger partial charge on any atom is 0.254 e. The summed E-state index contributed by atoms with van der Waals surface area (Å²) in [6.07, 6.45) is 3.59. The van der Waals surface area contributed by atoms with Gasteiger partial charge in [0.1, 0.15) is 11.6 Å². The van der Waals surface area contributed by atoms with Gasteiger partial charge >= 0.3 is 0 Å². The maximum atomic E-state index is 13.4. The fourth-order valence-corrected chi connectivity index (χ4v) is 4.24. The molecule has 34 heavy (non-hydrogen) atoms. The minimum absolute atomic E-state index is 0.0582. The van der Waals surface area contributed by atoms with Crippen LogP contribution in [0.1, 0.15) is 54.0 Å². The Hall–Kier alpha value is -3.81. The molecule has 0 aliphatic carbocycles. The summed E-state index contributed by atoms with van der Waals surface area (Å²) in [7, 11) is 3.49. The van der Waals surface area contributed by atoms with Gasteiger partial charge in [0.25, 0.3) is 5.91 Å². The van der Waals surface area contributed by atoms with Crippen LogP contribution in [0.2, 0.25) is 0 Å². The highest BCUT2D eigenvalue weighted by Crippen LogP contribution is 2.33.